The Bertz CT molecular complexity index is 1180. The van der Waals surface area contributed by atoms with Gasteiger partial charge in [-0.05, 0) is 61.2 Å². The molecule has 1 aliphatic heterocycles. The predicted molar refractivity (Wildman–Crippen MR) is 129 cm³/mol. The number of amides is 1. The summed E-state index contributed by atoms with van der Waals surface area (Å²) in [6.45, 7) is 2.83. The lowest BCUT2D eigenvalue weighted by Crippen LogP contribution is -2.30. The van der Waals surface area contributed by atoms with E-state index in [0.29, 0.717) is 5.56 Å². The number of nitrogens with one attached hydrogen (secondary N) is 1. The Balaban J connectivity index is 1.20. The van der Waals surface area contributed by atoms with E-state index in [2.05, 4.69) is 25.4 Å². The molecule has 1 aliphatic rings. The number of piperidine rings is 1. The van der Waals surface area contributed by atoms with Gasteiger partial charge < -0.3 is 14.8 Å². The molecule has 0 unspecified atom stereocenters. The molecule has 2 aromatic carbocycles. The van der Waals surface area contributed by atoms with E-state index >= 15 is 0 Å². The van der Waals surface area contributed by atoms with E-state index in [4.69, 9.17) is 0 Å². The molecule has 166 valence electrons. The highest BCUT2D eigenvalue weighted by atomic mass is 16.1. The van der Waals surface area contributed by atoms with Crippen LogP contribution in [0.15, 0.2) is 79.4 Å². The van der Waals surface area contributed by atoms with Crippen molar-refractivity contribution in [2.45, 2.75) is 25.8 Å². The van der Waals surface area contributed by atoms with Crippen molar-refractivity contribution in [3.8, 4) is 11.3 Å². The molecule has 0 saturated carbocycles. The molecule has 2 aromatic heterocycles. The minimum Gasteiger partial charge on any atom is -0.355 e. The number of imidazole rings is 1. The maximum Gasteiger partial charge on any atom is 0.255 e. The van der Waals surface area contributed by atoms with Crippen LogP contribution < -0.4 is 10.2 Å². The molecule has 5 rings (SSSR count). The molecule has 3 heterocycles. The molecule has 1 fully saturated rings. The number of nitrogens with zero attached hydrogens (tertiary/aromatic N) is 5. The fourth-order valence-electron chi connectivity index (χ4n) is 4.05. The summed E-state index contributed by atoms with van der Waals surface area (Å²) in [6.07, 6.45) is 9.17. The Labute approximate surface area is 193 Å². The van der Waals surface area contributed by atoms with Crippen molar-refractivity contribution in [3.63, 3.8) is 0 Å². The van der Waals surface area contributed by atoms with Gasteiger partial charge in [0.25, 0.3) is 5.91 Å². The van der Waals surface area contributed by atoms with Crippen LogP contribution in [0, 0.1) is 0 Å². The summed E-state index contributed by atoms with van der Waals surface area (Å²) in [7, 11) is 0. The first kappa shape index (κ1) is 20.9. The molecule has 4 aromatic rings. The van der Waals surface area contributed by atoms with Gasteiger partial charge in [-0.3, -0.25) is 4.79 Å². The van der Waals surface area contributed by atoms with Crippen molar-refractivity contribution in [1.29, 1.82) is 0 Å². The Morgan fingerprint density at radius 2 is 1.67 bits per heavy atom. The summed E-state index contributed by atoms with van der Waals surface area (Å²) < 4.78 is 1.99. The molecule has 1 N–H and O–H groups in total. The first-order valence-electron chi connectivity index (χ1n) is 11.3. The number of hydrogen-bond donors (Lipinski definition) is 1. The molecule has 7 nitrogen and oxygen atoms in total. The molecule has 0 aliphatic carbocycles. The van der Waals surface area contributed by atoms with Crippen LogP contribution in [0.1, 0.15) is 35.2 Å². The normalized spacial score (nSPS) is 13.6. The summed E-state index contributed by atoms with van der Waals surface area (Å²) in [5.74, 6) is 0.806. The lowest BCUT2D eigenvalue weighted by molar-refractivity contribution is 0.102. The number of benzene rings is 2. The third-order valence-electron chi connectivity index (χ3n) is 5.91. The van der Waals surface area contributed by atoms with Crippen LogP contribution in [0.25, 0.3) is 11.3 Å². The first-order chi connectivity index (χ1) is 16.2. The number of aromatic nitrogens is 4. The van der Waals surface area contributed by atoms with Gasteiger partial charge in [0.05, 0.1) is 12.0 Å². The zero-order valence-electron chi connectivity index (χ0n) is 18.4. The highest BCUT2D eigenvalue weighted by molar-refractivity contribution is 6.04. The zero-order valence-corrected chi connectivity index (χ0v) is 18.4. The fraction of sp³-hybridized carbons (Fsp3) is 0.231. The van der Waals surface area contributed by atoms with Crippen molar-refractivity contribution in [2.24, 2.45) is 0 Å². The predicted octanol–water partition coefficient (Wildman–Crippen LogP) is 4.63. The van der Waals surface area contributed by atoms with Gasteiger partial charge in [0.15, 0.2) is 5.82 Å². The lowest BCUT2D eigenvalue weighted by atomic mass is 10.1. The smallest absolute Gasteiger partial charge is 0.255 e. The molecule has 1 amide bonds. The van der Waals surface area contributed by atoms with Gasteiger partial charge in [-0.1, -0.05) is 24.3 Å². The van der Waals surface area contributed by atoms with Crippen LogP contribution in [0.2, 0.25) is 0 Å². The Morgan fingerprint density at radius 3 is 2.33 bits per heavy atom. The second kappa shape index (κ2) is 9.65. The molecule has 7 heteroatoms. The van der Waals surface area contributed by atoms with Crippen molar-refractivity contribution < 1.29 is 4.79 Å². The second-order valence-corrected chi connectivity index (χ2v) is 8.29. The number of rotatable bonds is 6. The van der Waals surface area contributed by atoms with Crippen LogP contribution in [0.5, 0.6) is 0 Å². The number of carbonyl (C=O) groups is 1. The van der Waals surface area contributed by atoms with Crippen molar-refractivity contribution in [1.82, 2.24) is 19.7 Å². The minimum absolute atomic E-state index is 0.136. The van der Waals surface area contributed by atoms with Gasteiger partial charge in [0.1, 0.15) is 0 Å². The quantitative estimate of drug-likeness (QED) is 0.475. The first-order valence-corrected chi connectivity index (χ1v) is 11.3. The van der Waals surface area contributed by atoms with Crippen molar-refractivity contribution in [2.75, 3.05) is 23.3 Å². The summed E-state index contributed by atoms with van der Waals surface area (Å²) in [5, 5.41) is 11.8. The lowest BCUT2D eigenvalue weighted by Gasteiger charge is -2.27. The average molecular weight is 439 g/mol. The third-order valence-corrected chi connectivity index (χ3v) is 5.91. The van der Waals surface area contributed by atoms with Crippen LogP contribution in [-0.4, -0.2) is 38.7 Å². The van der Waals surface area contributed by atoms with Crippen LogP contribution in [0.4, 0.5) is 11.5 Å². The number of carbonyl (C=O) groups excluding carboxylic acids is 1. The molecule has 1 saturated heterocycles. The summed E-state index contributed by atoms with van der Waals surface area (Å²) in [6, 6.07) is 19.3. The van der Waals surface area contributed by atoms with Crippen molar-refractivity contribution >= 4 is 17.4 Å². The van der Waals surface area contributed by atoms with Crippen LogP contribution in [0.3, 0.4) is 0 Å². The summed E-state index contributed by atoms with van der Waals surface area (Å²) >= 11 is 0. The maximum atomic E-state index is 12.6. The van der Waals surface area contributed by atoms with E-state index in [1.807, 2.05) is 71.4 Å². The van der Waals surface area contributed by atoms with Crippen molar-refractivity contribution in [3.05, 3.63) is 90.5 Å². The highest BCUT2D eigenvalue weighted by Crippen LogP contribution is 2.22. The maximum absolute atomic E-state index is 12.6. The number of hydrogen-bond acceptors (Lipinski definition) is 5. The topological polar surface area (TPSA) is 75.9 Å². The van der Waals surface area contributed by atoms with Crippen LogP contribution in [-0.2, 0) is 6.54 Å². The van der Waals surface area contributed by atoms with Gasteiger partial charge in [0.2, 0.25) is 0 Å². The van der Waals surface area contributed by atoms with E-state index in [1.165, 1.54) is 19.3 Å². The van der Waals surface area contributed by atoms with Crippen LogP contribution >= 0.6 is 0 Å². The highest BCUT2D eigenvalue weighted by Gasteiger charge is 2.13. The molecule has 0 bridgehead atoms. The molecule has 0 radical (unpaired) electrons. The van der Waals surface area contributed by atoms with Gasteiger partial charge in [-0.2, -0.15) is 0 Å². The monoisotopic (exact) mass is 438 g/mol. The Kier molecular flexibility index (Phi) is 6.10. The second-order valence-electron chi connectivity index (χ2n) is 8.29. The SMILES string of the molecule is O=C(Nc1ccc(-c2ccc(N3CCCCC3)nn2)cc1)c1ccc(Cn2ccnc2)cc1. The Hall–Kier alpha value is -4.00. The van der Waals surface area contributed by atoms with Gasteiger partial charge in [0, 0.05) is 48.8 Å². The van der Waals surface area contributed by atoms with Gasteiger partial charge >= 0.3 is 0 Å². The summed E-state index contributed by atoms with van der Waals surface area (Å²) in [5.41, 5.74) is 4.26. The van der Waals surface area contributed by atoms with E-state index in [0.717, 1.165) is 48.0 Å². The molecule has 33 heavy (non-hydrogen) atoms. The van der Waals surface area contributed by atoms with E-state index in [1.54, 1.807) is 12.5 Å². The Morgan fingerprint density at radius 1 is 0.879 bits per heavy atom. The summed E-state index contributed by atoms with van der Waals surface area (Å²) in [4.78, 5) is 19.0. The van der Waals surface area contributed by atoms with Gasteiger partial charge in [-0.25, -0.2) is 4.98 Å². The zero-order chi connectivity index (χ0) is 22.5. The fourth-order valence-corrected chi connectivity index (χ4v) is 4.05. The van der Waals surface area contributed by atoms with E-state index < -0.39 is 0 Å². The molecule has 0 atom stereocenters. The van der Waals surface area contributed by atoms with Gasteiger partial charge in [-0.15, -0.1) is 10.2 Å². The third kappa shape index (κ3) is 5.09. The minimum atomic E-state index is -0.136. The number of anilines is 2. The average Bonchev–Trinajstić information content (AvgIpc) is 3.39. The largest absolute Gasteiger partial charge is 0.355 e. The molecular formula is C26H26N6O. The molecular weight excluding hydrogens is 412 g/mol. The molecule has 0 spiro atoms. The standard InChI is InChI=1S/C26H26N6O/c33-26(22-6-4-20(5-7-22)18-31-17-14-27-19-31)28-23-10-8-21(9-11-23)24-12-13-25(30-29-24)32-15-2-1-3-16-32/h4-14,17,19H,1-3,15-16,18H2,(H,28,33). The van der Waals surface area contributed by atoms with E-state index in [-0.39, 0.29) is 5.91 Å². The van der Waals surface area contributed by atoms with E-state index in [9.17, 15) is 4.79 Å².